The van der Waals surface area contributed by atoms with Gasteiger partial charge in [0.15, 0.2) is 0 Å². The number of fused-ring (bicyclic) bond motifs is 2. The van der Waals surface area contributed by atoms with Crippen LogP contribution in [0.4, 0.5) is 0 Å². The summed E-state index contributed by atoms with van der Waals surface area (Å²) in [4.78, 5) is 8.32. The van der Waals surface area contributed by atoms with Gasteiger partial charge in [-0.25, -0.2) is 9.97 Å². The molecule has 5 heteroatoms. The van der Waals surface area contributed by atoms with Gasteiger partial charge in [0.2, 0.25) is 0 Å². The molecule has 1 N–H and O–H groups in total. The SMILES string of the molecule is CCOc1ncc(C2(O)CC3CCC(C2)S3)cn1. The standard InChI is InChI=1S/C13H18N2O2S/c1-2-17-12-14-7-9(8-15-12)13(16)5-10-3-4-11(6-13)18-10/h7-8,10-11,16H,2-6H2,1H3. The highest BCUT2D eigenvalue weighted by Gasteiger charge is 2.44. The average Bonchev–Trinajstić information content (AvgIpc) is 2.70. The lowest BCUT2D eigenvalue weighted by Gasteiger charge is -2.35. The first-order valence-electron chi connectivity index (χ1n) is 6.53. The van der Waals surface area contributed by atoms with E-state index in [1.54, 1.807) is 12.4 Å². The van der Waals surface area contributed by atoms with E-state index in [4.69, 9.17) is 4.74 Å². The summed E-state index contributed by atoms with van der Waals surface area (Å²) in [6.45, 7) is 2.46. The molecule has 98 valence electrons. The Morgan fingerprint density at radius 2 is 1.94 bits per heavy atom. The minimum atomic E-state index is -0.734. The number of aromatic nitrogens is 2. The van der Waals surface area contributed by atoms with Crippen LogP contribution in [0.2, 0.25) is 0 Å². The maximum atomic E-state index is 10.8. The average molecular weight is 266 g/mol. The van der Waals surface area contributed by atoms with Crippen LogP contribution in [0, 0.1) is 0 Å². The Morgan fingerprint density at radius 3 is 2.50 bits per heavy atom. The highest BCUT2D eigenvalue weighted by atomic mass is 32.2. The van der Waals surface area contributed by atoms with E-state index >= 15 is 0 Å². The van der Waals surface area contributed by atoms with E-state index in [1.165, 1.54) is 12.8 Å². The fraction of sp³-hybridized carbons (Fsp3) is 0.692. The van der Waals surface area contributed by atoms with Crippen molar-refractivity contribution in [1.82, 2.24) is 9.97 Å². The van der Waals surface area contributed by atoms with E-state index in [0.717, 1.165) is 18.4 Å². The van der Waals surface area contributed by atoms with Crippen molar-refractivity contribution in [2.75, 3.05) is 6.61 Å². The zero-order chi connectivity index (χ0) is 12.6. The van der Waals surface area contributed by atoms with Crippen LogP contribution < -0.4 is 4.74 Å². The maximum Gasteiger partial charge on any atom is 0.316 e. The molecule has 4 nitrogen and oxygen atoms in total. The fourth-order valence-corrected chi connectivity index (χ4v) is 4.75. The molecule has 18 heavy (non-hydrogen) atoms. The number of ether oxygens (including phenoxy) is 1. The molecule has 0 amide bonds. The predicted molar refractivity (Wildman–Crippen MR) is 70.7 cm³/mol. The summed E-state index contributed by atoms with van der Waals surface area (Å²) >= 11 is 2.04. The van der Waals surface area contributed by atoms with E-state index in [-0.39, 0.29) is 0 Å². The molecule has 3 heterocycles. The van der Waals surface area contributed by atoms with Gasteiger partial charge in [-0.1, -0.05) is 0 Å². The third kappa shape index (κ3) is 2.21. The lowest BCUT2D eigenvalue weighted by molar-refractivity contribution is 0.0188. The number of hydrogen-bond donors (Lipinski definition) is 1. The normalized spacial score (nSPS) is 34.6. The number of rotatable bonds is 3. The zero-order valence-corrected chi connectivity index (χ0v) is 11.3. The summed E-state index contributed by atoms with van der Waals surface area (Å²) in [6, 6.07) is 0.387. The van der Waals surface area contributed by atoms with Gasteiger partial charge in [0.25, 0.3) is 0 Å². The largest absolute Gasteiger partial charge is 0.464 e. The van der Waals surface area contributed by atoms with E-state index in [2.05, 4.69) is 9.97 Å². The van der Waals surface area contributed by atoms with E-state index in [0.29, 0.717) is 23.1 Å². The molecule has 0 aromatic carbocycles. The van der Waals surface area contributed by atoms with Gasteiger partial charge in [0, 0.05) is 28.5 Å². The van der Waals surface area contributed by atoms with Crippen LogP contribution in [0.15, 0.2) is 12.4 Å². The molecular formula is C13H18N2O2S. The summed E-state index contributed by atoms with van der Waals surface area (Å²) in [5.74, 6) is 0. The summed E-state index contributed by atoms with van der Waals surface area (Å²) < 4.78 is 5.23. The highest BCUT2D eigenvalue weighted by Crippen LogP contribution is 2.50. The maximum absolute atomic E-state index is 10.8. The Balaban J connectivity index is 1.80. The smallest absolute Gasteiger partial charge is 0.316 e. The van der Waals surface area contributed by atoms with Crippen LogP contribution in [-0.2, 0) is 5.60 Å². The molecule has 2 aliphatic heterocycles. The van der Waals surface area contributed by atoms with Crippen molar-refractivity contribution in [1.29, 1.82) is 0 Å². The lowest BCUT2D eigenvalue weighted by atomic mass is 9.88. The van der Waals surface area contributed by atoms with Crippen molar-refractivity contribution in [2.45, 2.75) is 48.7 Å². The Bertz CT molecular complexity index is 412. The molecule has 1 aromatic rings. The van der Waals surface area contributed by atoms with Gasteiger partial charge >= 0.3 is 6.01 Å². The summed E-state index contributed by atoms with van der Waals surface area (Å²) in [5, 5.41) is 12.0. The van der Waals surface area contributed by atoms with Crippen molar-refractivity contribution in [3.05, 3.63) is 18.0 Å². The first-order valence-corrected chi connectivity index (χ1v) is 7.47. The van der Waals surface area contributed by atoms with E-state index in [9.17, 15) is 5.11 Å². The van der Waals surface area contributed by atoms with Crippen LogP contribution in [0.5, 0.6) is 6.01 Å². The Labute approximate surface area is 111 Å². The molecule has 1 aromatic heterocycles. The second-order valence-electron chi connectivity index (χ2n) is 5.08. The second-order valence-corrected chi connectivity index (χ2v) is 6.69. The first kappa shape index (κ1) is 12.2. The van der Waals surface area contributed by atoms with Crippen LogP contribution in [0.25, 0.3) is 0 Å². The molecular weight excluding hydrogens is 248 g/mol. The quantitative estimate of drug-likeness (QED) is 0.908. The molecule has 2 aliphatic rings. The number of hydrogen-bond acceptors (Lipinski definition) is 5. The zero-order valence-electron chi connectivity index (χ0n) is 10.5. The molecule has 2 bridgehead atoms. The summed E-state index contributed by atoms with van der Waals surface area (Å²) in [5.41, 5.74) is 0.102. The molecule has 2 fully saturated rings. The van der Waals surface area contributed by atoms with Crippen LogP contribution in [0.1, 0.15) is 38.2 Å². The monoisotopic (exact) mass is 266 g/mol. The van der Waals surface area contributed by atoms with Crippen molar-refractivity contribution >= 4 is 11.8 Å². The minimum absolute atomic E-state index is 0.387. The van der Waals surface area contributed by atoms with Gasteiger partial charge < -0.3 is 9.84 Å². The van der Waals surface area contributed by atoms with Crippen LogP contribution in [-0.4, -0.2) is 32.2 Å². The summed E-state index contributed by atoms with van der Waals surface area (Å²) in [7, 11) is 0. The second kappa shape index (κ2) is 4.70. The molecule has 2 saturated heterocycles. The van der Waals surface area contributed by atoms with Gasteiger partial charge in [-0.05, 0) is 32.6 Å². The third-order valence-corrected chi connectivity index (χ3v) is 5.34. The van der Waals surface area contributed by atoms with Crippen molar-refractivity contribution in [2.24, 2.45) is 0 Å². The highest BCUT2D eigenvalue weighted by molar-refractivity contribution is 8.00. The van der Waals surface area contributed by atoms with Crippen molar-refractivity contribution < 1.29 is 9.84 Å². The molecule has 3 rings (SSSR count). The minimum Gasteiger partial charge on any atom is -0.464 e. The van der Waals surface area contributed by atoms with Gasteiger partial charge in [-0.15, -0.1) is 0 Å². The molecule has 2 unspecified atom stereocenters. The molecule has 0 spiro atoms. The topological polar surface area (TPSA) is 55.2 Å². The first-order chi connectivity index (χ1) is 8.69. The summed E-state index contributed by atoms with van der Waals surface area (Å²) in [6.07, 6.45) is 7.54. The number of nitrogens with zero attached hydrogens (tertiary/aromatic N) is 2. The van der Waals surface area contributed by atoms with Crippen molar-refractivity contribution in [3.63, 3.8) is 0 Å². The Kier molecular flexibility index (Phi) is 3.20. The number of aliphatic hydroxyl groups is 1. The van der Waals surface area contributed by atoms with Gasteiger partial charge in [-0.3, -0.25) is 0 Å². The Morgan fingerprint density at radius 1 is 1.33 bits per heavy atom. The Hall–Kier alpha value is -0.810. The molecule has 2 atom stereocenters. The van der Waals surface area contributed by atoms with Crippen LogP contribution in [0.3, 0.4) is 0 Å². The van der Waals surface area contributed by atoms with Crippen LogP contribution >= 0.6 is 11.8 Å². The lowest BCUT2D eigenvalue weighted by Crippen LogP contribution is -2.34. The predicted octanol–water partition coefficient (Wildman–Crippen LogP) is 2.12. The van der Waals surface area contributed by atoms with E-state index in [1.807, 2.05) is 18.7 Å². The third-order valence-electron chi connectivity index (χ3n) is 3.77. The number of thioether (sulfide) groups is 1. The van der Waals surface area contributed by atoms with Gasteiger partial charge in [0.1, 0.15) is 0 Å². The molecule has 0 saturated carbocycles. The van der Waals surface area contributed by atoms with Gasteiger partial charge in [-0.2, -0.15) is 11.8 Å². The van der Waals surface area contributed by atoms with E-state index < -0.39 is 5.60 Å². The molecule has 0 radical (unpaired) electrons. The van der Waals surface area contributed by atoms with Crippen molar-refractivity contribution in [3.8, 4) is 6.01 Å². The van der Waals surface area contributed by atoms with Gasteiger partial charge in [0.05, 0.1) is 12.2 Å². The molecule has 0 aliphatic carbocycles. The fourth-order valence-electron chi connectivity index (χ4n) is 2.91.